The fraction of sp³-hybridized carbons (Fsp3) is 0.364. The lowest BCUT2D eigenvalue weighted by atomic mass is 10.3. The van der Waals surface area contributed by atoms with E-state index in [2.05, 4.69) is 4.98 Å². The van der Waals surface area contributed by atoms with Crippen molar-refractivity contribution in [1.29, 1.82) is 0 Å². The van der Waals surface area contributed by atoms with Gasteiger partial charge >= 0.3 is 0 Å². The van der Waals surface area contributed by atoms with Crippen LogP contribution < -0.4 is 10.7 Å². The lowest BCUT2D eigenvalue weighted by molar-refractivity contribution is 0.112. The van der Waals surface area contributed by atoms with Gasteiger partial charge in [-0.3, -0.25) is 0 Å². The van der Waals surface area contributed by atoms with Crippen LogP contribution in [0.1, 0.15) is 0 Å². The Kier molecular flexibility index (Phi) is 3.02. The molecule has 1 aromatic carbocycles. The van der Waals surface area contributed by atoms with Gasteiger partial charge in [-0.05, 0) is 28.7 Å². The van der Waals surface area contributed by atoms with Gasteiger partial charge in [-0.2, -0.15) is 0 Å². The van der Waals surface area contributed by atoms with Crippen LogP contribution in [0.25, 0.3) is 11.0 Å². The van der Waals surface area contributed by atoms with Gasteiger partial charge < -0.3 is 15.5 Å². The summed E-state index contributed by atoms with van der Waals surface area (Å²) in [5.74, 6) is 0.130. The monoisotopic (exact) mass is 362 g/mol. The summed E-state index contributed by atoms with van der Waals surface area (Å²) < 4.78 is 21.3. The molecule has 5 nitrogen and oxygen atoms in total. The summed E-state index contributed by atoms with van der Waals surface area (Å²) >= 11 is 1.95. The molecular formula is C11H12FIN4O. The smallest absolute Gasteiger partial charge is 0.220 e. The number of fused-ring (bicyclic) bond motifs is 1. The fourth-order valence-corrected chi connectivity index (χ4v) is 2.58. The van der Waals surface area contributed by atoms with Gasteiger partial charge in [-0.1, -0.05) is 0 Å². The highest BCUT2D eigenvalue weighted by Crippen LogP contribution is 2.23. The van der Waals surface area contributed by atoms with Crippen molar-refractivity contribution in [2.24, 2.45) is 0 Å². The molecule has 0 aliphatic carbocycles. The lowest BCUT2D eigenvalue weighted by Crippen LogP contribution is -2.44. The van der Waals surface area contributed by atoms with Gasteiger partial charge in [0.15, 0.2) is 0 Å². The molecule has 2 aromatic rings. The molecule has 0 spiro atoms. The number of anilines is 1. The number of nitrogens with zero attached hydrogens (tertiary/aromatic N) is 3. The van der Waals surface area contributed by atoms with Crippen LogP contribution in [0, 0.1) is 9.39 Å². The number of hydrogen-bond acceptors (Lipinski definition) is 4. The summed E-state index contributed by atoms with van der Waals surface area (Å²) in [6, 6.07) is 3.19. The second-order valence-corrected chi connectivity index (χ2v) is 5.27. The number of rotatable bonds is 1. The van der Waals surface area contributed by atoms with Crippen molar-refractivity contribution < 1.29 is 9.13 Å². The van der Waals surface area contributed by atoms with Crippen LogP contribution in [0.4, 0.5) is 10.3 Å². The first-order chi connectivity index (χ1) is 8.66. The second-order valence-electron chi connectivity index (χ2n) is 4.10. The van der Waals surface area contributed by atoms with E-state index in [0.29, 0.717) is 33.8 Å². The standard InChI is InChI=1S/C11H12FIN4O/c12-7-5-10-9(6-8(7)13)15-11(14)17(10)16-1-3-18-4-2-16/h5-6H,1-4H2,(H2,14,15). The lowest BCUT2D eigenvalue weighted by Gasteiger charge is -2.30. The van der Waals surface area contributed by atoms with E-state index in [0.717, 1.165) is 13.1 Å². The number of ether oxygens (including phenoxy) is 1. The molecule has 7 heteroatoms. The van der Waals surface area contributed by atoms with Gasteiger partial charge in [-0.15, -0.1) is 0 Å². The molecule has 0 amide bonds. The number of morpholine rings is 1. The zero-order chi connectivity index (χ0) is 12.7. The molecule has 96 valence electrons. The minimum Gasteiger partial charge on any atom is -0.378 e. The number of imidazole rings is 1. The molecule has 0 radical (unpaired) electrons. The van der Waals surface area contributed by atoms with E-state index in [1.165, 1.54) is 6.07 Å². The van der Waals surface area contributed by atoms with Crippen molar-refractivity contribution >= 4 is 39.6 Å². The Morgan fingerprint density at radius 1 is 1.33 bits per heavy atom. The van der Waals surface area contributed by atoms with Crippen LogP contribution >= 0.6 is 22.6 Å². The highest BCUT2D eigenvalue weighted by atomic mass is 127. The number of benzene rings is 1. The van der Waals surface area contributed by atoms with Crippen LogP contribution in [-0.2, 0) is 4.74 Å². The summed E-state index contributed by atoms with van der Waals surface area (Å²) in [4.78, 5) is 4.28. The quantitative estimate of drug-likeness (QED) is 0.778. The summed E-state index contributed by atoms with van der Waals surface area (Å²) in [7, 11) is 0. The Hall–Kier alpha value is -1.09. The predicted octanol–water partition coefficient (Wildman–Crippen LogP) is 1.33. The number of nitrogens with two attached hydrogens (primary N) is 1. The molecule has 3 rings (SSSR count). The molecule has 1 fully saturated rings. The molecule has 1 aliphatic heterocycles. The van der Waals surface area contributed by atoms with Crippen LogP contribution in [0.2, 0.25) is 0 Å². The van der Waals surface area contributed by atoms with Gasteiger partial charge in [0.05, 0.1) is 40.9 Å². The second kappa shape index (κ2) is 4.54. The zero-order valence-corrected chi connectivity index (χ0v) is 11.7. The van der Waals surface area contributed by atoms with Crippen molar-refractivity contribution in [1.82, 2.24) is 9.66 Å². The minimum absolute atomic E-state index is 0.252. The predicted molar refractivity (Wildman–Crippen MR) is 75.6 cm³/mol. The first-order valence-electron chi connectivity index (χ1n) is 5.63. The summed E-state index contributed by atoms with van der Waals surface area (Å²) in [6.07, 6.45) is 0. The largest absolute Gasteiger partial charge is 0.378 e. The Morgan fingerprint density at radius 3 is 2.78 bits per heavy atom. The molecule has 1 aromatic heterocycles. The molecule has 0 unspecified atom stereocenters. The van der Waals surface area contributed by atoms with E-state index in [1.54, 1.807) is 10.7 Å². The van der Waals surface area contributed by atoms with Gasteiger partial charge in [0.2, 0.25) is 5.95 Å². The molecule has 2 N–H and O–H groups in total. The van der Waals surface area contributed by atoms with E-state index in [4.69, 9.17) is 10.5 Å². The Morgan fingerprint density at radius 2 is 2.06 bits per heavy atom. The van der Waals surface area contributed by atoms with E-state index in [-0.39, 0.29) is 5.82 Å². The summed E-state index contributed by atoms with van der Waals surface area (Å²) in [5, 5.41) is 2.03. The number of aromatic nitrogens is 2. The van der Waals surface area contributed by atoms with E-state index < -0.39 is 0 Å². The third-order valence-corrected chi connectivity index (χ3v) is 3.79. The number of nitrogen functional groups attached to an aromatic ring is 1. The summed E-state index contributed by atoms with van der Waals surface area (Å²) in [6.45, 7) is 2.74. The summed E-state index contributed by atoms with van der Waals surface area (Å²) in [5.41, 5.74) is 7.34. The van der Waals surface area contributed by atoms with Crippen molar-refractivity contribution in [3.05, 3.63) is 21.5 Å². The van der Waals surface area contributed by atoms with E-state index in [9.17, 15) is 4.39 Å². The van der Waals surface area contributed by atoms with Crippen LogP contribution in [0.5, 0.6) is 0 Å². The van der Waals surface area contributed by atoms with Gasteiger partial charge in [0.1, 0.15) is 5.82 Å². The van der Waals surface area contributed by atoms with Gasteiger partial charge in [-0.25, -0.2) is 14.1 Å². The topological polar surface area (TPSA) is 56.3 Å². The van der Waals surface area contributed by atoms with E-state index >= 15 is 0 Å². The maximum Gasteiger partial charge on any atom is 0.220 e. The first kappa shape index (κ1) is 12.0. The Bertz CT molecular complexity index is 594. The van der Waals surface area contributed by atoms with Crippen molar-refractivity contribution in [2.45, 2.75) is 0 Å². The van der Waals surface area contributed by atoms with Gasteiger partial charge in [0.25, 0.3) is 0 Å². The van der Waals surface area contributed by atoms with E-state index in [1.807, 2.05) is 27.6 Å². The average Bonchev–Trinajstić information content (AvgIpc) is 2.66. The SMILES string of the molecule is Nc1nc2cc(I)c(F)cc2n1N1CCOCC1. The zero-order valence-electron chi connectivity index (χ0n) is 9.57. The maximum absolute atomic E-state index is 13.7. The molecule has 1 aliphatic rings. The number of hydrogen-bond donors (Lipinski definition) is 1. The van der Waals surface area contributed by atoms with Crippen LogP contribution in [-0.4, -0.2) is 36.0 Å². The highest BCUT2D eigenvalue weighted by Gasteiger charge is 2.18. The molecule has 0 atom stereocenters. The molecule has 0 saturated carbocycles. The first-order valence-corrected chi connectivity index (χ1v) is 6.70. The minimum atomic E-state index is -0.252. The Labute approximate surface area is 117 Å². The Balaban J connectivity index is 2.15. The molecule has 18 heavy (non-hydrogen) atoms. The average molecular weight is 362 g/mol. The van der Waals surface area contributed by atoms with Gasteiger partial charge in [0, 0.05) is 6.07 Å². The normalized spacial score (nSPS) is 16.4. The third-order valence-electron chi connectivity index (χ3n) is 2.97. The molecular weight excluding hydrogens is 350 g/mol. The fourth-order valence-electron chi connectivity index (χ4n) is 2.13. The highest BCUT2D eigenvalue weighted by molar-refractivity contribution is 14.1. The van der Waals surface area contributed by atoms with Crippen molar-refractivity contribution in [2.75, 3.05) is 37.0 Å². The maximum atomic E-state index is 13.7. The molecule has 0 bridgehead atoms. The van der Waals surface area contributed by atoms with Crippen LogP contribution in [0.15, 0.2) is 12.1 Å². The molecule has 1 saturated heterocycles. The van der Waals surface area contributed by atoms with Crippen LogP contribution in [0.3, 0.4) is 0 Å². The number of halogens is 2. The van der Waals surface area contributed by atoms with Crippen molar-refractivity contribution in [3.8, 4) is 0 Å². The molecule has 2 heterocycles. The third kappa shape index (κ3) is 1.91. The van der Waals surface area contributed by atoms with Crippen molar-refractivity contribution in [3.63, 3.8) is 0 Å².